The number of Topliss-reactive ketones (excluding diaryl/α,β-unsaturated/α-hetero) is 1. The Kier molecular flexibility index (Phi) is 2.70. The first-order valence-electron chi connectivity index (χ1n) is 6.73. The fourth-order valence-electron chi connectivity index (χ4n) is 3.13. The van der Waals surface area contributed by atoms with Crippen molar-refractivity contribution in [3.05, 3.63) is 48.0 Å². The lowest BCUT2D eigenvalue weighted by Gasteiger charge is -2.22. The first-order chi connectivity index (χ1) is 8.71. The maximum atomic E-state index is 12.8. The molecule has 0 radical (unpaired) electrons. The molecule has 1 fully saturated rings. The predicted molar refractivity (Wildman–Crippen MR) is 74.9 cm³/mol. The normalized spacial score (nSPS) is 18.1. The van der Waals surface area contributed by atoms with Gasteiger partial charge in [-0.2, -0.15) is 0 Å². The van der Waals surface area contributed by atoms with Crippen molar-refractivity contribution in [2.75, 3.05) is 0 Å². The third-order valence-corrected chi connectivity index (χ3v) is 4.29. The molecule has 0 heterocycles. The van der Waals surface area contributed by atoms with Crippen molar-refractivity contribution >= 4 is 16.6 Å². The van der Waals surface area contributed by atoms with Gasteiger partial charge in [-0.05, 0) is 23.6 Å². The van der Waals surface area contributed by atoms with Crippen LogP contribution in [0.4, 0.5) is 0 Å². The Hall–Kier alpha value is -1.63. The van der Waals surface area contributed by atoms with Crippen LogP contribution in [0, 0.1) is 5.41 Å². The highest BCUT2D eigenvalue weighted by Crippen LogP contribution is 2.41. The van der Waals surface area contributed by atoms with E-state index in [-0.39, 0.29) is 5.41 Å². The Bertz CT molecular complexity index is 586. The third kappa shape index (κ3) is 1.74. The first kappa shape index (κ1) is 11.5. The van der Waals surface area contributed by atoms with Crippen molar-refractivity contribution in [3.63, 3.8) is 0 Å². The molecule has 0 aliphatic heterocycles. The van der Waals surface area contributed by atoms with Crippen LogP contribution in [0.5, 0.6) is 0 Å². The Labute approximate surface area is 108 Å². The first-order valence-corrected chi connectivity index (χ1v) is 6.73. The topological polar surface area (TPSA) is 17.1 Å². The number of rotatable bonds is 2. The Morgan fingerprint density at radius 3 is 2.44 bits per heavy atom. The van der Waals surface area contributed by atoms with Gasteiger partial charge in [-0.1, -0.05) is 62.2 Å². The summed E-state index contributed by atoms with van der Waals surface area (Å²) in [4.78, 5) is 12.8. The molecule has 0 spiro atoms. The summed E-state index contributed by atoms with van der Waals surface area (Å²) in [6.45, 7) is 2.13. The van der Waals surface area contributed by atoms with E-state index in [1.165, 1.54) is 12.8 Å². The fourth-order valence-corrected chi connectivity index (χ4v) is 3.13. The van der Waals surface area contributed by atoms with E-state index in [1.54, 1.807) is 0 Å². The maximum Gasteiger partial charge on any atom is 0.169 e. The second-order valence-corrected chi connectivity index (χ2v) is 5.62. The highest BCUT2D eigenvalue weighted by molar-refractivity contribution is 6.10. The second-order valence-electron chi connectivity index (χ2n) is 5.62. The molecule has 2 aromatic rings. The van der Waals surface area contributed by atoms with E-state index in [1.807, 2.05) is 24.3 Å². The van der Waals surface area contributed by atoms with Gasteiger partial charge in [0.2, 0.25) is 0 Å². The number of hydrogen-bond donors (Lipinski definition) is 0. The summed E-state index contributed by atoms with van der Waals surface area (Å²) in [7, 11) is 0. The molecule has 0 unspecified atom stereocenters. The fraction of sp³-hybridized carbons (Fsp3) is 0.353. The molecule has 1 aliphatic rings. The molecule has 3 rings (SSSR count). The number of carbonyl (C=O) groups excluding carboxylic acids is 1. The van der Waals surface area contributed by atoms with Gasteiger partial charge in [-0.15, -0.1) is 0 Å². The minimum atomic E-state index is -0.135. The average molecular weight is 238 g/mol. The van der Waals surface area contributed by atoms with Gasteiger partial charge < -0.3 is 0 Å². The summed E-state index contributed by atoms with van der Waals surface area (Å²) < 4.78 is 0. The third-order valence-electron chi connectivity index (χ3n) is 4.29. The van der Waals surface area contributed by atoms with E-state index in [4.69, 9.17) is 0 Å². The van der Waals surface area contributed by atoms with E-state index < -0.39 is 0 Å². The molecule has 0 N–H and O–H groups in total. The van der Waals surface area contributed by atoms with Gasteiger partial charge in [0.1, 0.15) is 0 Å². The van der Waals surface area contributed by atoms with E-state index in [0.29, 0.717) is 5.78 Å². The van der Waals surface area contributed by atoms with E-state index >= 15 is 0 Å². The molecule has 0 saturated heterocycles. The standard InChI is InChI=1S/C17H18O/c1-17(11-4-5-12-17)16(18)15-10-6-8-13-7-2-3-9-14(13)15/h2-3,6-10H,4-5,11-12H2,1H3. The van der Waals surface area contributed by atoms with Crippen molar-refractivity contribution in [3.8, 4) is 0 Å². The highest BCUT2D eigenvalue weighted by atomic mass is 16.1. The zero-order valence-electron chi connectivity index (χ0n) is 10.8. The lowest BCUT2D eigenvalue weighted by Crippen LogP contribution is -2.24. The molecular formula is C17H18O. The largest absolute Gasteiger partial charge is 0.294 e. The highest BCUT2D eigenvalue weighted by Gasteiger charge is 2.37. The molecule has 1 aliphatic carbocycles. The number of fused-ring (bicyclic) bond motifs is 1. The summed E-state index contributed by atoms with van der Waals surface area (Å²) in [6.07, 6.45) is 4.45. The maximum absolute atomic E-state index is 12.8. The Morgan fingerprint density at radius 2 is 1.67 bits per heavy atom. The molecule has 1 nitrogen and oxygen atoms in total. The number of benzene rings is 2. The molecule has 1 heteroatoms. The molecule has 0 atom stereocenters. The van der Waals surface area contributed by atoms with Crippen LogP contribution in [-0.4, -0.2) is 5.78 Å². The van der Waals surface area contributed by atoms with Crippen molar-refractivity contribution < 1.29 is 4.79 Å². The van der Waals surface area contributed by atoms with Crippen LogP contribution in [0.1, 0.15) is 43.0 Å². The minimum absolute atomic E-state index is 0.135. The summed E-state index contributed by atoms with van der Waals surface area (Å²) >= 11 is 0. The summed E-state index contributed by atoms with van der Waals surface area (Å²) in [5.41, 5.74) is 0.766. The van der Waals surface area contributed by atoms with Crippen molar-refractivity contribution in [1.82, 2.24) is 0 Å². The van der Waals surface area contributed by atoms with E-state index in [9.17, 15) is 4.79 Å². The number of ketones is 1. The van der Waals surface area contributed by atoms with Gasteiger partial charge in [0, 0.05) is 11.0 Å². The van der Waals surface area contributed by atoms with Crippen LogP contribution >= 0.6 is 0 Å². The van der Waals surface area contributed by atoms with Crippen molar-refractivity contribution in [2.24, 2.45) is 5.41 Å². The van der Waals surface area contributed by atoms with E-state index in [2.05, 4.69) is 25.1 Å². The van der Waals surface area contributed by atoms with Gasteiger partial charge >= 0.3 is 0 Å². The predicted octanol–water partition coefficient (Wildman–Crippen LogP) is 4.60. The van der Waals surface area contributed by atoms with Gasteiger partial charge in [0.25, 0.3) is 0 Å². The van der Waals surface area contributed by atoms with Crippen LogP contribution in [0.15, 0.2) is 42.5 Å². The van der Waals surface area contributed by atoms with Crippen LogP contribution in [0.2, 0.25) is 0 Å². The molecule has 1 saturated carbocycles. The molecule has 0 aromatic heterocycles. The minimum Gasteiger partial charge on any atom is -0.294 e. The SMILES string of the molecule is CC1(C(=O)c2cccc3ccccc23)CCCC1. The molecular weight excluding hydrogens is 220 g/mol. The quantitative estimate of drug-likeness (QED) is 0.699. The molecule has 0 bridgehead atoms. The van der Waals surface area contributed by atoms with Crippen LogP contribution in [0.3, 0.4) is 0 Å². The Balaban J connectivity index is 2.12. The summed E-state index contributed by atoms with van der Waals surface area (Å²) in [5, 5.41) is 2.25. The second kappa shape index (κ2) is 4.24. The number of hydrogen-bond acceptors (Lipinski definition) is 1. The molecule has 0 amide bonds. The smallest absolute Gasteiger partial charge is 0.169 e. The van der Waals surface area contributed by atoms with Crippen LogP contribution in [0.25, 0.3) is 10.8 Å². The average Bonchev–Trinajstić information content (AvgIpc) is 2.85. The van der Waals surface area contributed by atoms with Gasteiger partial charge in [-0.25, -0.2) is 0 Å². The lowest BCUT2D eigenvalue weighted by atomic mass is 9.79. The van der Waals surface area contributed by atoms with Gasteiger partial charge in [-0.3, -0.25) is 4.79 Å². The van der Waals surface area contributed by atoms with Crippen molar-refractivity contribution in [1.29, 1.82) is 0 Å². The lowest BCUT2D eigenvalue weighted by molar-refractivity contribution is 0.0825. The molecule has 2 aromatic carbocycles. The van der Waals surface area contributed by atoms with Crippen LogP contribution < -0.4 is 0 Å². The van der Waals surface area contributed by atoms with Crippen molar-refractivity contribution in [2.45, 2.75) is 32.6 Å². The van der Waals surface area contributed by atoms with Crippen LogP contribution in [-0.2, 0) is 0 Å². The number of carbonyl (C=O) groups is 1. The summed E-state index contributed by atoms with van der Waals surface area (Å²) in [6, 6.07) is 14.2. The zero-order valence-corrected chi connectivity index (χ0v) is 10.8. The molecule has 18 heavy (non-hydrogen) atoms. The van der Waals surface area contributed by atoms with Gasteiger partial charge in [0.15, 0.2) is 5.78 Å². The monoisotopic (exact) mass is 238 g/mol. The van der Waals surface area contributed by atoms with Gasteiger partial charge in [0.05, 0.1) is 0 Å². The zero-order chi connectivity index (χ0) is 12.6. The van der Waals surface area contributed by atoms with E-state index in [0.717, 1.165) is 29.2 Å². The molecule has 92 valence electrons. The Morgan fingerprint density at radius 1 is 1.00 bits per heavy atom. The summed E-state index contributed by atoms with van der Waals surface area (Å²) in [5.74, 6) is 0.330.